The fraction of sp³-hybridized carbons (Fsp3) is 0.310. The Hall–Kier alpha value is -4.14. The van der Waals surface area contributed by atoms with Crippen LogP contribution in [0.5, 0.6) is 0 Å². The zero-order valence-corrected chi connectivity index (χ0v) is 21.1. The monoisotopic (exact) mass is 517 g/mol. The number of rotatable bonds is 7. The summed E-state index contributed by atoms with van der Waals surface area (Å²) in [4.78, 5) is 30.6. The van der Waals surface area contributed by atoms with Crippen molar-refractivity contribution < 1.29 is 18.4 Å². The quantitative estimate of drug-likeness (QED) is 0.351. The largest absolute Gasteiger partial charge is 0.351 e. The zero-order valence-electron chi connectivity index (χ0n) is 21.1. The molecule has 5 rings (SSSR count). The summed E-state index contributed by atoms with van der Waals surface area (Å²) in [6.45, 7) is 1.63. The van der Waals surface area contributed by atoms with E-state index in [1.165, 1.54) is 52.2 Å². The molecule has 3 aromatic carbocycles. The molecule has 1 aliphatic rings. The van der Waals surface area contributed by atoms with Crippen molar-refractivity contribution in [2.45, 2.75) is 57.2 Å². The van der Waals surface area contributed by atoms with Crippen LogP contribution in [0.25, 0.3) is 11.0 Å². The molecule has 2 unspecified atom stereocenters. The average molecular weight is 518 g/mol. The highest BCUT2D eigenvalue weighted by Gasteiger charge is 2.37. The second kappa shape index (κ2) is 11.1. The Morgan fingerprint density at radius 3 is 2.18 bits per heavy atom. The summed E-state index contributed by atoms with van der Waals surface area (Å²) in [5, 5.41) is 12.0. The van der Waals surface area contributed by atoms with E-state index in [-0.39, 0.29) is 11.7 Å². The average Bonchev–Trinajstić information content (AvgIpc) is 3.36. The van der Waals surface area contributed by atoms with Crippen LogP contribution in [0.3, 0.4) is 0 Å². The number of benzene rings is 3. The lowest BCUT2D eigenvalue weighted by Gasteiger charge is -2.34. The molecule has 0 saturated heterocycles. The van der Waals surface area contributed by atoms with E-state index in [9.17, 15) is 18.4 Å². The minimum atomic E-state index is -1.17. The molecule has 0 radical (unpaired) electrons. The van der Waals surface area contributed by atoms with Gasteiger partial charge in [0.2, 0.25) is 5.91 Å². The predicted molar refractivity (Wildman–Crippen MR) is 140 cm³/mol. The van der Waals surface area contributed by atoms with Gasteiger partial charge in [0, 0.05) is 11.7 Å². The molecule has 1 fully saturated rings. The van der Waals surface area contributed by atoms with Crippen molar-refractivity contribution in [2.75, 3.05) is 4.90 Å². The number of anilines is 1. The molecule has 9 heteroatoms. The first kappa shape index (κ1) is 25.5. The van der Waals surface area contributed by atoms with E-state index in [4.69, 9.17) is 0 Å². The number of fused-ring (bicyclic) bond motifs is 1. The molecule has 38 heavy (non-hydrogen) atoms. The Bertz CT molecular complexity index is 1400. The number of hydrogen-bond donors (Lipinski definition) is 1. The minimum absolute atomic E-state index is 0.0286. The number of hydrogen-bond acceptors (Lipinski definition) is 4. The van der Waals surface area contributed by atoms with Crippen LogP contribution in [0.15, 0.2) is 72.8 Å². The first-order valence-corrected chi connectivity index (χ1v) is 12.9. The van der Waals surface area contributed by atoms with Crippen LogP contribution < -0.4 is 10.2 Å². The van der Waals surface area contributed by atoms with E-state index in [0.29, 0.717) is 16.6 Å². The van der Waals surface area contributed by atoms with Crippen molar-refractivity contribution in [1.29, 1.82) is 0 Å². The van der Waals surface area contributed by atoms with Gasteiger partial charge < -0.3 is 5.32 Å². The molecule has 1 aliphatic carbocycles. The van der Waals surface area contributed by atoms with Crippen molar-refractivity contribution in [1.82, 2.24) is 20.3 Å². The summed E-state index contributed by atoms with van der Waals surface area (Å²) in [7, 11) is 0. The summed E-state index contributed by atoms with van der Waals surface area (Å²) in [6, 6.07) is 16.1. The van der Waals surface area contributed by atoms with Crippen molar-refractivity contribution >= 4 is 28.5 Å². The maximum absolute atomic E-state index is 14.4. The Morgan fingerprint density at radius 2 is 1.55 bits per heavy atom. The summed E-state index contributed by atoms with van der Waals surface area (Å²) < 4.78 is 28.3. The topological polar surface area (TPSA) is 80.1 Å². The van der Waals surface area contributed by atoms with E-state index < -0.39 is 35.5 Å². The normalized spacial score (nSPS) is 15.7. The zero-order chi connectivity index (χ0) is 26.6. The van der Waals surface area contributed by atoms with Crippen LogP contribution >= 0.6 is 0 Å². The van der Waals surface area contributed by atoms with Crippen molar-refractivity contribution in [3.8, 4) is 0 Å². The number of nitrogens with zero attached hydrogens (tertiary/aromatic N) is 4. The Balaban J connectivity index is 1.58. The number of halogens is 2. The van der Waals surface area contributed by atoms with E-state index in [0.717, 1.165) is 32.1 Å². The fourth-order valence-electron chi connectivity index (χ4n) is 4.97. The highest BCUT2D eigenvalue weighted by Crippen LogP contribution is 2.32. The Kier molecular flexibility index (Phi) is 7.44. The molecule has 0 bridgehead atoms. The third kappa shape index (κ3) is 5.41. The highest BCUT2D eigenvalue weighted by atomic mass is 19.1. The van der Waals surface area contributed by atoms with Gasteiger partial charge in [-0.05, 0) is 67.8 Å². The first-order chi connectivity index (χ1) is 18.4. The van der Waals surface area contributed by atoms with Gasteiger partial charge in [-0.2, -0.15) is 15.0 Å². The number of carbonyl (C=O) groups excluding carboxylic acids is 2. The van der Waals surface area contributed by atoms with Gasteiger partial charge in [0.05, 0.1) is 0 Å². The molecule has 1 aromatic heterocycles. The molecule has 1 heterocycles. The van der Waals surface area contributed by atoms with Gasteiger partial charge in [-0.15, -0.1) is 0 Å². The van der Waals surface area contributed by atoms with Crippen LogP contribution in [0.2, 0.25) is 0 Å². The first-order valence-electron chi connectivity index (χ1n) is 12.9. The van der Waals surface area contributed by atoms with E-state index in [2.05, 4.69) is 15.5 Å². The van der Waals surface area contributed by atoms with Gasteiger partial charge in [-0.25, -0.2) is 8.78 Å². The third-order valence-corrected chi connectivity index (χ3v) is 6.97. The van der Waals surface area contributed by atoms with Crippen LogP contribution in [-0.4, -0.2) is 32.9 Å². The highest BCUT2D eigenvalue weighted by molar-refractivity contribution is 6.03. The lowest BCUT2D eigenvalue weighted by atomic mass is 9.94. The van der Waals surface area contributed by atoms with Crippen molar-refractivity contribution in [2.24, 2.45) is 0 Å². The smallest absolute Gasteiger partial charge is 0.254 e. The predicted octanol–water partition coefficient (Wildman–Crippen LogP) is 5.49. The molecule has 196 valence electrons. The van der Waals surface area contributed by atoms with Crippen LogP contribution in [0.4, 0.5) is 14.5 Å². The second-order valence-electron chi connectivity index (χ2n) is 9.67. The summed E-state index contributed by atoms with van der Waals surface area (Å²) in [5.41, 5.74) is 1.85. The van der Waals surface area contributed by atoms with Crippen LogP contribution in [0.1, 0.15) is 56.7 Å². The summed E-state index contributed by atoms with van der Waals surface area (Å²) >= 11 is 0. The summed E-state index contributed by atoms with van der Waals surface area (Å²) in [5.74, 6) is -1.94. The van der Waals surface area contributed by atoms with E-state index in [1.54, 1.807) is 25.1 Å². The number of aromatic nitrogens is 3. The van der Waals surface area contributed by atoms with Gasteiger partial charge in [-0.1, -0.05) is 49.6 Å². The number of amides is 2. The van der Waals surface area contributed by atoms with Crippen molar-refractivity contribution in [3.05, 3.63) is 90.0 Å². The van der Waals surface area contributed by atoms with E-state index >= 15 is 0 Å². The lowest BCUT2D eigenvalue weighted by Crippen LogP contribution is -2.49. The fourth-order valence-corrected chi connectivity index (χ4v) is 4.97. The number of carbonyl (C=O) groups is 2. The molecular formula is C29H29F2N5O2. The van der Waals surface area contributed by atoms with Crippen molar-refractivity contribution in [3.63, 3.8) is 0 Å². The third-order valence-electron chi connectivity index (χ3n) is 6.97. The van der Waals surface area contributed by atoms with Gasteiger partial charge in [-0.3, -0.25) is 14.5 Å². The second-order valence-corrected chi connectivity index (χ2v) is 9.67. The van der Waals surface area contributed by atoms with Gasteiger partial charge in [0.25, 0.3) is 5.91 Å². The molecule has 1 N–H and O–H groups in total. The van der Waals surface area contributed by atoms with Crippen LogP contribution in [-0.2, 0) is 9.59 Å². The SMILES string of the molecule is CC(C(=O)N(c1cccc(F)c1)C(C(=O)NC1CCCCC1)c1ccc(F)cc1)n1nc2ccccc2n1. The standard InChI is InChI=1S/C29H29F2N5O2/c1-19(36-33-25-12-5-6-13-26(25)34-36)29(38)35(24-11-7-8-22(31)18-24)27(20-14-16-21(30)17-15-20)28(37)32-23-9-3-2-4-10-23/h5-8,11-19,23,27H,2-4,9-10H2,1H3,(H,32,37). The Morgan fingerprint density at radius 1 is 0.895 bits per heavy atom. The Labute approximate surface area is 219 Å². The molecule has 2 atom stereocenters. The van der Waals surface area contributed by atoms with Gasteiger partial charge >= 0.3 is 0 Å². The molecule has 1 saturated carbocycles. The van der Waals surface area contributed by atoms with Gasteiger partial charge in [0.15, 0.2) is 0 Å². The van der Waals surface area contributed by atoms with E-state index in [1.807, 2.05) is 12.1 Å². The molecule has 0 aliphatic heterocycles. The molecule has 7 nitrogen and oxygen atoms in total. The molecular weight excluding hydrogens is 488 g/mol. The van der Waals surface area contributed by atoms with Crippen LogP contribution in [0, 0.1) is 11.6 Å². The molecule has 0 spiro atoms. The summed E-state index contributed by atoms with van der Waals surface area (Å²) in [6.07, 6.45) is 4.82. The maximum Gasteiger partial charge on any atom is 0.254 e. The molecule has 4 aromatic rings. The minimum Gasteiger partial charge on any atom is -0.351 e. The molecule has 2 amide bonds. The maximum atomic E-state index is 14.4. The number of nitrogens with one attached hydrogen (secondary N) is 1. The lowest BCUT2D eigenvalue weighted by molar-refractivity contribution is -0.128. The van der Waals surface area contributed by atoms with Gasteiger partial charge in [0.1, 0.15) is 34.8 Å².